The standard InChI is InChI=1S/C29H41BN2O2Si2/c1-10-20-14-21-12-11-13-25(24-16-22(18(2)3)15-23(17-24)19(4)5)26(21)27(20)31-28(33)35(6,7)30-32-29(34)36(30,8)9/h11-19,27H,10H2,1-9H3,(H,31,33)(H,32,34). The molecule has 1 fully saturated rings. The first-order chi connectivity index (χ1) is 16.8. The number of hydrogen-bond donors (Lipinski definition) is 2. The lowest BCUT2D eigenvalue weighted by Crippen LogP contribution is -2.87. The molecule has 1 unspecified atom stereocenters. The molecule has 2 aliphatic rings. The van der Waals surface area contributed by atoms with Crippen molar-refractivity contribution in [3.63, 3.8) is 0 Å². The molecule has 1 saturated heterocycles. The fourth-order valence-corrected chi connectivity index (χ4v) is 16.3. The van der Waals surface area contributed by atoms with E-state index in [9.17, 15) is 9.59 Å². The summed E-state index contributed by atoms with van der Waals surface area (Å²) in [5.74, 6) is 0.882. The highest BCUT2D eigenvalue weighted by atomic mass is 28.4. The monoisotopic (exact) mass is 516 g/mol. The Morgan fingerprint density at radius 1 is 1.08 bits per heavy atom. The van der Waals surface area contributed by atoms with Crippen LogP contribution in [0.5, 0.6) is 0 Å². The van der Waals surface area contributed by atoms with Gasteiger partial charge >= 0.3 is 0 Å². The van der Waals surface area contributed by atoms with Gasteiger partial charge in [0.25, 0.3) is 6.03 Å². The van der Waals surface area contributed by atoms with Crippen molar-refractivity contribution in [3.05, 3.63) is 64.2 Å². The summed E-state index contributed by atoms with van der Waals surface area (Å²) in [6.07, 6.45) is 3.14. The summed E-state index contributed by atoms with van der Waals surface area (Å²) in [5.41, 5.74) is 9.08. The average molecular weight is 517 g/mol. The normalized spacial score (nSPS) is 18.6. The second kappa shape index (κ2) is 9.49. The van der Waals surface area contributed by atoms with E-state index in [2.05, 4.69) is 114 Å². The zero-order valence-corrected chi connectivity index (χ0v) is 25.4. The van der Waals surface area contributed by atoms with Gasteiger partial charge in [-0.3, -0.25) is 9.59 Å². The van der Waals surface area contributed by atoms with E-state index in [1.807, 2.05) is 0 Å². The van der Waals surface area contributed by atoms with E-state index in [-0.39, 0.29) is 23.1 Å². The molecule has 4 rings (SSSR count). The molecule has 0 spiro atoms. The molecule has 2 amide bonds. The number of rotatable bonds is 7. The topological polar surface area (TPSA) is 58.2 Å². The highest BCUT2D eigenvalue weighted by Crippen LogP contribution is 2.43. The van der Waals surface area contributed by atoms with Crippen molar-refractivity contribution >= 4 is 39.1 Å². The lowest BCUT2D eigenvalue weighted by Gasteiger charge is -2.46. The maximum Gasteiger partial charge on any atom is 0.254 e. The molecular weight excluding hydrogens is 475 g/mol. The number of nitrogens with one attached hydrogen (secondary N) is 2. The van der Waals surface area contributed by atoms with Crippen LogP contribution in [-0.2, 0) is 0 Å². The third-order valence-electron chi connectivity index (χ3n) is 8.34. The van der Waals surface area contributed by atoms with E-state index in [0.717, 1.165) is 6.42 Å². The second-order valence-corrected chi connectivity index (χ2v) is 21.9. The third kappa shape index (κ3) is 4.45. The Kier molecular flexibility index (Phi) is 7.03. The zero-order chi connectivity index (χ0) is 26.6. The summed E-state index contributed by atoms with van der Waals surface area (Å²) in [7, 11) is -4.52. The molecule has 0 aromatic heterocycles. The molecule has 7 heteroatoms. The molecule has 1 atom stereocenters. The molecule has 1 aliphatic carbocycles. The van der Waals surface area contributed by atoms with E-state index in [4.69, 9.17) is 0 Å². The molecule has 2 aromatic rings. The van der Waals surface area contributed by atoms with Gasteiger partial charge in [-0.15, -0.1) is 0 Å². The first-order valence-corrected chi connectivity index (χ1v) is 19.5. The van der Waals surface area contributed by atoms with Crippen LogP contribution in [0.25, 0.3) is 17.2 Å². The molecule has 4 nitrogen and oxygen atoms in total. The fraction of sp³-hybridized carbons (Fsp3) is 0.448. The quantitative estimate of drug-likeness (QED) is 0.372. The van der Waals surface area contributed by atoms with E-state index >= 15 is 0 Å². The van der Waals surface area contributed by atoms with E-state index in [1.165, 1.54) is 39.0 Å². The SMILES string of the molecule is CCC1=Cc2cccc(-c3cc(C(C)C)cc(C(C)C)c3)c2C1NC(=O)[Si](C)(C)B1NC(=O)[Si]1(C)C. The van der Waals surface area contributed by atoms with Gasteiger partial charge in [-0.2, -0.15) is 0 Å². The van der Waals surface area contributed by atoms with Gasteiger partial charge in [0.05, 0.1) is 6.04 Å². The van der Waals surface area contributed by atoms with Crippen molar-refractivity contribution in [2.75, 3.05) is 0 Å². The van der Waals surface area contributed by atoms with Crippen LogP contribution in [0.3, 0.4) is 0 Å². The van der Waals surface area contributed by atoms with E-state index in [1.54, 1.807) is 0 Å². The van der Waals surface area contributed by atoms with Crippen LogP contribution in [0.4, 0.5) is 9.59 Å². The molecule has 0 bridgehead atoms. The number of hydrogen-bond acceptors (Lipinski definition) is 2. The summed E-state index contributed by atoms with van der Waals surface area (Å²) in [4.78, 5) is 26.1. The third-order valence-corrected chi connectivity index (χ3v) is 18.5. The van der Waals surface area contributed by atoms with Gasteiger partial charge in [0, 0.05) is 0 Å². The van der Waals surface area contributed by atoms with E-state index < -0.39 is 15.9 Å². The summed E-state index contributed by atoms with van der Waals surface area (Å²) in [6.45, 7) is 19.5. The van der Waals surface area contributed by atoms with Crippen molar-refractivity contribution < 1.29 is 9.59 Å². The fourth-order valence-electron chi connectivity index (χ4n) is 5.80. The molecule has 2 aromatic carbocycles. The molecule has 1 heterocycles. The minimum Gasteiger partial charge on any atom is -0.408 e. The molecule has 0 saturated carbocycles. The van der Waals surface area contributed by atoms with Gasteiger partial charge < -0.3 is 10.5 Å². The highest BCUT2D eigenvalue weighted by Gasteiger charge is 2.63. The first-order valence-electron chi connectivity index (χ1n) is 13.4. The van der Waals surface area contributed by atoms with E-state index in [0.29, 0.717) is 11.8 Å². The highest BCUT2D eigenvalue weighted by molar-refractivity contribution is 7.75. The Hall–Kier alpha value is -2.38. The summed E-state index contributed by atoms with van der Waals surface area (Å²) in [6, 6.07) is 13.4. The predicted molar refractivity (Wildman–Crippen MR) is 159 cm³/mol. The molecular formula is C29H41BN2O2Si2. The Bertz CT molecular complexity index is 1220. The minimum atomic E-state index is -2.42. The van der Waals surface area contributed by atoms with Gasteiger partial charge in [0.1, 0.15) is 15.9 Å². The van der Waals surface area contributed by atoms with Gasteiger partial charge in [-0.05, 0) is 57.2 Å². The maximum atomic E-state index is 13.8. The number of amides is 2. The number of carbonyl (C=O) groups is 2. The number of benzene rings is 2. The molecule has 0 radical (unpaired) electrons. The van der Waals surface area contributed by atoms with Gasteiger partial charge in [-0.1, -0.05) is 103 Å². The second-order valence-electron chi connectivity index (χ2n) is 12.3. The Morgan fingerprint density at radius 3 is 2.19 bits per heavy atom. The van der Waals surface area contributed by atoms with Gasteiger partial charge in [-0.25, -0.2) is 0 Å². The first kappa shape index (κ1) is 26.7. The lowest BCUT2D eigenvalue weighted by atomic mass is 9.87. The van der Waals surface area contributed by atoms with Gasteiger partial charge in [0.15, 0.2) is 11.1 Å². The average Bonchev–Trinajstić information content (AvgIpc) is 3.19. The van der Waals surface area contributed by atoms with Crippen molar-refractivity contribution in [2.45, 2.75) is 85.1 Å². The van der Waals surface area contributed by atoms with Crippen molar-refractivity contribution in [2.24, 2.45) is 0 Å². The van der Waals surface area contributed by atoms with Crippen molar-refractivity contribution in [1.82, 2.24) is 10.5 Å². The lowest BCUT2D eigenvalue weighted by molar-refractivity contribution is 0.256. The molecule has 36 heavy (non-hydrogen) atoms. The van der Waals surface area contributed by atoms with Crippen LogP contribution in [0, 0.1) is 0 Å². The Balaban J connectivity index is 1.76. The van der Waals surface area contributed by atoms with Crippen LogP contribution < -0.4 is 10.5 Å². The molecule has 190 valence electrons. The van der Waals surface area contributed by atoms with Crippen LogP contribution in [0.1, 0.15) is 81.2 Å². The van der Waals surface area contributed by atoms with Crippen molar-refractivity contribution in [3.8, 4) is 11.1 Å². The van der Waals surface area contributed by atoms with Crippen molar-refractivity contribution in [1.29, 1.82) is 0 Å². The maximum absolute atomic E-state index is 13.8. The number of fused-ring (bicyclic) bond motifs is 1. The summed E-state index contributed by atoms with van der Waals surface area (Å²) >= 11 is 0. The minimum absolute atomic E-state index is 0.0685. The molecule has 2 N–H and O–H groups in total. The van der Waals surface area contributed by atoms with Crippen LogP contribution in [-0.4, -0.2) is 33.0 Å². The Labute approximate surface area is 219 Å². The predicted octanol–water partition coefficient (Wildman–Crippen LogP) is 7.61. The molecule has 1 aliphatic heterocycles. The largest absolute Gasteiger partial charge is 0.408 e. The zero-order valence-electron chi connectivity index (χ0n) is 23.4. The number of carbonyl (C=O) groups excluding carboxylic acids is 2. The van der Waals surface area contributed by atoms with Crippen LogP contribution in [0.15, 0.2) is 42.0 Å². The Morgan fingerprint density at radius 2 is 1.69 bits per heavy atom. The smallest absolute Gasteiger partial charge is 0.254 e. The van der Waals surface area contributed by atoms with Crippen LogP contribution in [0.2, 0.25) is 26.2 Å². The summed E-state index contributed by atoms with van der Waals surface area (Å²) in [5, 5.41) is 6.59. The van der Waals surface area contributed by atoms with Gasteiger partial charge in [0.2, 0.25) is 0 Å². The van der Waals surface area contributed by atoms with Crippen LogP contribution >= 0.6 is 0 Å². The summed E-state index contributed by atoms with van der Waals surface area (Å²) < 4.78 is 0.